The zero-order valence-corrected chi connectivity index (χ0v) is 13.0. The fraction of sp³-hybridized carbons (Fsp3) is 0.400. The van der Waals surface area contributed by atoms with Gasteiger partial charge in [-0.05, 0) is 42.8 Å². The van der Waals surface area contributed by atoms with Gasteiger partial charge in [0.2, 0.25) is 0 Å². The van der Waals surface area contributed by atoms with E-state index >= 15 is 0 Å². The number of nitrogens with zero attached hydrogens (tertiary/aromatic N) is 2. The lowest BCUT2D eigenvalue weighted by Crippen LogP contribution is -2.04. The first-order valence-corrected chi connectivity index (χ1v) is 7.51. The van der Waals surface area contributed by atoms with E-state index in [2.05, 4.69) is 16.4 Å². The van der Waals surface area contributed by atoms with Gasteiger partial charge >= 0.3 is 0 Å². The van der Waals surface area contributed by atoms with E-state index in [4.69, 9.17) is 30.2 Å². The standard InChI is InChI=1S/C15H18N2O3.HNO3/c18-7-3-1-2-5-16-15-13-8-12-10-19-20-14(12)9-11(13)4-6-17-15;2-1(3)4/h4,6,8-9,18H,1-3,5,7,10H2,(H,16,17);(H,2,3,4). The summed E-state index contributed by atoms with van der Waals surface area (Å²) in [7, 11) is 0. The number of rotatable bonds is 6. The molecule has 1 aromatic carbocycles. The summed E-state index contributed by atoms with van der Waals surface area (Å²) in [5.41, 5.74) is 1.05. The maximum absolute atomic E-state index is 8.76. The van der Waals surface area contributed by atoms with Crippen molar-refractivity contribution in [3.8, 4) is 5.75 Å². The summed E-state index contributed by atoms with van der Waals surface area (Å²) >= 11 is 0. The molecule has 9 heteroatoms. The number of aliphatic hydroxyl groups is 1. The van der Waals surface area contributed by atoms with Crippen LogP contribution in [0.4, 0.5) is 5.82 Å². The maximum Gasteiger partial charge on any atom is 0.291 e. The molecule has 0 saturated carbocycles. The Kier molecular flexibility index (Phi) is 6.52. The van der Waals surface area contributed by atoms with Crippen LogP contribution in [0, 0.1) is 10.1 Å². The number of aromatic nitrogens is 1. The van der Waals surface area contributed by atoms with Crippen LogP contribution in [-0.2, 0) is 11.5 Å². The highest BCUT2D eigenvalue weighted by molar-refractivity contribution is 5.93. The molecule has 1 aliphatic heterocycles. The normalized spacial score (nSPS) is 12.0. The van der Waals surface area contributed by atoms with E-state index in [-0.39, 0.29) is 6.61 Å². The van der Waals surface area contributed by atoms with Crippen molar-refractivity contribution in [2.75, 3.05) is 18.5 Å². The summed E-state index contributed by atoms with van der Waals surface area (Å²) in [6.45, 7) is 1.60. The highest BCUT2D eigenvalue weighted by Gasteiger charge is 2.16. The van der Waals surface area contributed by atoms with Crippen molar-refractivity contribution in [3.63, 3.8) is 0 Å². The molecule has 24 heavy (non-hydrogen) atoms. The smallest absolute Gasteiger partial charge is 0.291 e. The highest BCUT2D eigenvalue weighted by atomic mass is 17.2. The van der Waals surface area contributed by atoms with E-state index < -0.39 is 5.09 Å². The summed E-state index contributed by atoms with van der Waals surface area (Å²) < 4.78 is 0. The predicted molar refractivity (Wildman–Crippen MR) is 85.4 cm³/mol. The molecular weight excluding hydrogens is 318 g/mol. The second kappa shape index (κ2) is 8.85. The van der Waals surface area contributed by atoms with Crippen molar-refractivity contribution in [3.05, 3.63) is 40.1 Å². The molecule has 0 spiro atoms. The van der Waals surface area contributed by atoms with Crippen LogP contribution in [0.5, 0.6) is 5.75 Å². The maximum atomic E-state index is 8.76. The molecule has 3 rings (SSSR count). The lowest BCUT2D eigenvalue weighted by Gasteiger charge is -2.09. The first kappa shape index (κ1) is 17.7. The molecule has 9 nitrogen and oxygen atoms in total. The number of aliphatic hydroxyl groups excluding tert-OH is 1. The molecule has 0 radical (unpaired) electrons. The topological polar surface area (TPSA) is 127 Å². The zero-order chi connectivity index (χ0) is 17.4. The number of pyridine rings is 1. The van der Waals surface area contributed by atoms with Crippen molar-refractivity contribution in [1.29, 1.82) is 0 Å². The second-order valence-corrected chi connectivity index (χ2v) is 5.14. The number of anilines is 1. The van der Waals surface area contributed by atoms with E-state index in [1.807, 2.05) is 12.1 Å². The molecule has 0 fully saturated rings. The molecule has 0 aliphatic carbocycles. The molecule has 0 unspecified atom stereocenters. The van der Waals surface area contributed by atoms with Gasteiger partial charge in [-0.2, -0.15) is 4.89 Å². The molecule has 130 valence electrons. The SMILES string of the molecule is O=[N+]([O-])O.OCCCCCNc1nccc2cc3c(cc12)COO3. The van der Waals surface area contributed by atoms with E-state index in [1.165, 1.54) is 0 Å². The molecule has 0 bridgehead atoms. The Morgan fingerprint density at radius 3 is 2.88 bits per heavy atom. The van der Waals surface area contributed by atoms with Crippen LogP contribution in [0.2, 0.25) is 0 Å². The van der Waals surface area contributed by atoms with Crippen molar-refractivity contribution in [2.45, 2.75) is 25.9 Å². The highest BCUT2D eigenvalue weighted by Crippen LogP contribution is 2.33. The van der Waals surface area contributed by atoms with Gasteiger partial charge in [0.1, 0.15) is 12.4 Å². The molecule has 2 heterocycles. The minimum atomic E-state index is -1.50. The van der Waals surface area contributed by atoms with Crippen LogP contribution < -0.4 is 10.2 Å². The number of unbranched alkanes of at least 4 members (excludes halogenated alkanes) is 2. The minimum Gasteiger partial charge on any atom is -0.396 e. The minimum absolute atomic E-state index is 0.263. The number of fused-ring (bicyclic) bond motifs is 2. The summed E-state index contributed by atoms with van der Waals surface area (Å²) in [4.78, 5) is 22.9. The first-order chi connectivity index (χ1) is 11.6. The predicted octanol–water partition coefficient (Wildman–Crippen LogP) is 2.29. The third-order valence-electron chi connectivity index (χ3n) is 3.44. The zero-order valence-electron chi connectivity index (χ0n) is 13.0. The largest absolute Gasteiger partial charge is 0.396 e. The Labute approximate surface area is 137 Å². The number of hydrogen-bond donors (Lipinski definition) is 3. The van der Waals surface area contributed by atoms with E-state index in [0.717, 1.165) is 53.7 Å². The van der Waals surface area contributed by atoms with Crippen LogP contribution in [0.25, 0.3) is 10.8 Å². The Morgan fingerprint density at radius 1 is 1.33 bits per heavy atom. The van der Waals surface area contributed by atoms with Gasteiger partial charge in [-0.3, -0.25) is 0 Å². The molecule has 0 amide bonds. The van der Waals surface area contributed by atoms with Crippen molar-refractivity contribution < 1.29 is 25.2 Å². The summed E-state index contributed by atoms with van der Waals surface area (Å²) in [6, 6.07) is 6.02. The molecule has 2 aromatic rings. The van der Waals surface area contributed by atoms with Gasteiger partial charge in [-0.15, -0.1) is 10.1 Å². The van der Waals surface area contributed by atoms with E-state index in [1.54, 1.807) is 6.20 Å². The summed E-state index contributed by atoms with van der Waals surface area (Å²) in [6.07, 6.45) is 4.69. The summed E-state index contributed by atoms with van der Waals surface area (Å²) in [5, 5.41) is 27.9. The van der Waals surface area contributed by atoms with Crippen molar-refractivity contribution in [1.82, 2.24) is 4.98 Å². The number of nitrogens with one attached hydrogen (secondary N) is 1. The van der Waals surface area contributed by atoms with Crippen LogP contribution in [0.3, 0.4) is 0 Å². The fourth-order valence-corrected chi connectivity index (χ4v) is 2.35. The van der Waals surface area contributed by atoms with Gasteiger partial charge in [0.15, 0.2) is 5.75 Å². The fourth-order valence-electron chi connectivity index (χ4n) is 2.35. The quantitative estimate of drug-likeness (QED) is 0.317. The van der Waals surface area contributed by atoms with Crippen molar-refractivity contribution in [2.24, 2.45) is 0 Å². The van der Waals surface area contributed by atoms with Gasteiger partial charge in [-0.1, -0.05) is 0 Å². The average Bonchev–Trinajstić information content (AvgIpc) is 2.99. The van der Waals surface area contributed by atoms with Gasteiger partial charge in [0, 0.05) is 30.3 Å². The van der Waals surface area contributed by atoms with E-state index in [0.29, 0.717) is 6.61 Å². The average molecular weight is 337 g/mol. The Bertz CT molecular complexity index is 690. The van der Waals surface area contributed by atoms with Crippen LogP contribution in [-0.4, -0.2) is 33.5 Å². The van der Waals surface area contributed by atoms with Gasteiger partial charge < -0.3 is 20.5 Å². The monoisotopic (exact) mass is 337 g/mol. The molecular formula is C15H19N3O6. The molecule has 0 atom stereocenters. The Morgan fingerprint density at radius 2 is 2.12 bits per heavy atom. The summed E-state index contributed by atoms with van der Waals surface area (Å²) in [5.74, 6) is 1.68. The molecule has 1 aliphatic rings. The molecule has 3 N–H and O–H groups in total. The lowest BCUT2D eigenvalue weighted by atomic mass is 10.1. The molecule has 1 aromatic heterocycles. The third-order valence-corrected chi connectivity index (χ3v) is 3.44. The Hall–Kier alpha value is -2.65. The van der Waals surface area contributed by atoms with Crippen LogP contribution >= 0.6 is 0 Å². The van der Waals surface area contributed by atoms with Gasteiger partial charge in [0.05, 0.1) is 0 Å². The van der Waals surface area contributed by atoms with Crippen LogP contribution in [0.15, 0.2) is 24.4 Å². The Balaban J connectivity index is 0.000000471. The van der Waals surface area contributed by atoms with Gasteiger partial charge in [0.25, 0.3) is 5.09 Å². The van der Waals surface area contributed by atoms with E-state index in [9.17, 15) is 0 Å². The number of benzene rings is 1. The molecule has 0 saturated heterocycles. The van der Waals surface area contributed by atoms with Crippen molar-refractivity contribution >= 4 is 16.6 Å². The first-order valence-electron chi connectivity index (χ1n) is 7.51. The van der Waals surface area contributed by atoms with Gasteiger partial charge in [-0.25, -0.2) is 4.98 Å². The second-order valence-electron chi connectivity index (χ2n) is 5.14. The lowest BCUT2D eigenvalue weighted by molar-refractivity contribution is -0.742. The third kappa shape index (κ3) is 4.93. The van der Waals surface area contributed by atoms with Crippen LogP contribution in [0.1, 0.15) is 24.8 Å². The number of hydrogen-bond acceptors (Lipinski definition) is 7.